The Kier molecular flexibility index (Phi) is 5.13. The maximum atomic E-state index is 6.48. The molecule has 0 N–H and O–H groups in total. The minimum atomic E-state index is -2.04. The van der Waals surface area contributed by atoms with Crippen LogP contribution in [0.1, 0.15) is 27.7 Å². The van der Waals surface area contributed by atoms with Crippen molar-refractivity contribution in [1.82, 2.24) is 0 Å². The van der Waals surface area contributed by atoms with Gasteiger partial charge in [0, 0.05) is 22.7 Å². The maximum absolute atomic E-state index is 6.48. The monoisotopic (exact) mass is 438 g/mol. The summed E-state index contributed by atoms with van der Waals surface area (Å²) >= 11 is 13.0. The van der Waals surface area contributed by atoms with E-state index in [4.69, 9.17) is 23.6 Å². The SMILES string of the molecule is CC1=CP(=S)(c2ccccc2)C(C2=C(C)C(C)=CP2(=S)c2ccccc2)=C1C. The van der Waals surface area contributed by atoms with E-state index in [-0.39, 0.29) is 0 Å². The quantitative estimate of drug-likeness (QED) is 0.474. The molecule has 142 valence electrons. The van der Waals surface area contributed by atoms with Crippen molar-refractivity contribution < 1.29 is 0 Å². The molecule has 2 aliphatic rings. The smallest absolute Gasteiger partial charge is 0.0322 e. The zero-order valence-electron chi connectivity index (χ0n) is 16.6. The van der Waals surface area contributed by atoms with Crippen LogP contribution in [0.4, 0.5) is 0 Å². The molecule has 0 spiro atoms. The van der Waals surface area contributed by atoms with E-state index in [2.05, 4.69) is 100.0 Å². The van der Waals surface area contributed by atoms with Gasteiger partial charge in [0.1, 0.15) is 0 Å². The molecule has 28 heavy (non-hydrogen) atoms. The lowest BCUT2D eigenvalue weighted by molar-refractivity contribution is 1.32. The highest BCUT2D eigenvalue weighted by molar-refractivity contribution is 8.25. The van der Waals surface area contributed by atoms with E-state index in [1.54, 1.807) is 0 Å². The van der Waals surface area contributed by atoms with E-state index in [0.29, 0.717) is 0 Å². The molecular formula is C24H24P2S2. The highest BCUT2D eigenvalue weighted by Gasteiger charge is 2.40. The van der Waals surface area contributed by atoms with Gasteiger partial charge in [0.2, 0.25) is 0 Å². The summed E-state index contributed by atoms with van der Waals surface area (Å²) in [5, 5.41) is 5.22. The average molecular weight is 439 g/mol. The minimum absolute atomic E-state index is 1.26. The van der Waals surface area contributed by atoms with Crippen LogP contribution in [0.3, 0.4) is 0 Å². The third kappa shape index (κ3) is 2.94. The fourth-order valence-electron chi connectivity index (χ4n) is 4.12. The van der Waals surface area contributed by atoms with Crippen LogP contribution < -0.4 is 10.6 Å². The van der Waals surface area contributed by atoms with Crippen molar-refractivity contribution in [3.05, 3.63) is 105 Å². The summed E-state index contributed by atoms with van der Waals surface area (Å²) in [7, 11) is 0. The van der Waals surface area contributed by atoms with Gasteiger partial charge in [0.05, 0.1) is 0 Å². The van der Waals surface area contributed by atoms with E-state index >= 15 is 0 Å². The molecule has 0 amide bonds. The van der Waals surface area contributed by atoms with Gasteiger partial charge >= 0.3 is 0 Å². The van der Waals surface area contributed by atoms with Gasteiger partial charge in [-0.1, -0.05) is 84.3 Å². The molecule has 0 aromatic heterocycles. The van der Waals surface area contributed by atoms with E-state index in [9.17, 15) is 0 Å². The first-order valence-corrected chi connectivity index (χ1v) is 15.2. The first-order chi connectivity index (χ1) is 13.3. The Bertz CT molecular complexity index is 1080. The number of allylic oxidation sites excluding steroid dienone is 6. The van der Waals surface area contributed by atoms with Gasteiger partial charge in [-0.05, 0) is 72.2 Å². The van der Waals surface area contributed by atoms with E-state index < -0.39 is 12.1 Å². The fraction of sp³-hybridized carbons (Fsp3) is 0.167. The number of hydrogen-bond acceptors (Lipinski definition) is 2. The molecule has 2 unspecified atom stereocenters. The molecule has 0 saturated heterocycles. The van der Waals surface area contributed by atoms with Gasteiger partial charge in [0.15, 0.2) is 0 Å². The molecule has 2 aromatic carbocycles. The van der Waals surface area contributed by atoms with Crippen LogP contribution in [0.2, 0.25) is 0 Å². The lowest BCUT2D eigenvalue weighted by Gasteiger charge is -2.28. The summed E-state index contributed by atoms with van der Waals surface area (Å²) in [5.41, 5.74) is 5.27. The van der Waals surface area contributed by atoms with Gasteiger partial charge in [-0.15, -0.1) is 0 Å². The summed E-state index contributed by atoms with van der Waals surface area (Å²) in [5.74, 6) is 4.72. The van der Waals surface area contributed by atoms with Crippen molar-refractivity contribution in [3.63, 3.8) is 0 Å². The largest absolute Gasteiger partial charge is 0.0832 e. The molecule has 0 aliphatic carbocycles. The highest BCUT2D eigenvalue weighted by Crippen LogP contribution is 2.74. The lowest BCUT2D eigenvalue weighted by atomic mass is 10.1. The topological polar surface area (TPSA) is 0 Å². The van der Waals surface area contributed by atoms with Crippen LogP contribution in [-0.2, 0) is 23.6 Å². The molecule has 2 aromatic rings. The molecule has 2 aliphatic heterocycles. The first kappa shape index (κ1) is 20.0. The maximum Gasteiger partial charge on any atom is 0.0322 e. The molecule has 0 nitrogen and oxygen atoms in total. The second kappa shape index (κ2) is 7.19. The Morgan fingerprint density at radius 1 is 0.536 bits per heavy atom. The molecular weight excluding hydrogens is 414 g/mol. The Morgan fingerprint density at radius 3 is 1.18 bits per heavy atom. The zero-order chi connectivity index (χ0) is 20.1. The number of rotatable bonds is 3. The Morgan fingerprint density at radius 2 is 0.857 bits per heavy atom. The van der Waals surface area contributed by atoms with Crippen molar-refractivity contribution in [2.75, 3.05) is 0 Å². The fourth-order valence-corrected chi connectivity index (χ4v) is 14.6. The summed E-state index contributed by atoms with van der Waals surface area (Å²) in [6.07, 6.45) is 0. The van der Waals surface area contributed by atoms with Crippen LogP contribution in [-0.4, -0.2) is 0 Å². The predicted molar refractivity (Wildman–Crippen MR) is 134 cm³/mol. The van der Waals surface area contributed by atoms with Crippen molar-refractivity contribution in [2.45, 2.75) is 27.7 Å². The van der Waals surface area contributed by atoms with Crippen LogP contribution >= 0.6 is 12.1 Å². The van der Waals surface area contributed by atoms with Crippen LogP contribution in [0.15, 0.2) is 105 Å². The van der Waals surface area contributed by atoms with Gasteiger partial charge in [-0.3, -0.25) is 0 Å². The van der Waals surface area contributed by atoms with E-state index in [1.807, 2.05) is 0 Å². The van der Waals surface area contributed by atoms with Gasteiger partial charge in [-0.2, -0.15) is 0 Å². The third-order valence-electron chi connectivity index (χ3n) is 5.81. The van der Waals surface area contributed by atoms with Crippen LogP contribution in [0.25, 0.3) is 0 Å². The Labute approximate surface area is 178 Å². The predicted octanol–water partition coefficient (Wildman–Crippen LogP) is 6.98. The zero-order valence-corrected chi connectivity index (χ0v) is 20.1. The molecule has 2 heterocycles. The number of benzene rings is 2. The second-order valence-electron chi connectivity index (χ2n) is 7.56. The Hall–Kier alpha value is -1.30. The van der Waals surface area contributed by atoms with E-state index in [1.165, 1.54) is 43.5 Å². The second-order valence-corrected chi connectivity index (χ2v) is 16.1. The summed E-state index contributed by atoms with van der Waals surface area (Å²) in [4.78, 5) is 0. The van der Waals surface area contributed by atoms with Crippen LogP contribution in [0.5, 0.6) is 0 Å². The molecule has 0 radical (unpaired) electrons. The average Bonchev–Trinajstić information content (AvgIpc) is 3.07. The van der Waals surface area contributed by atoms with Crippen molar-refractivity contribution in [1.29, 1.82) is 0 Å². The standard InChI is InChI=1S/C24H24P2S2/c1-17-15-25(27,21-11-7-5-8-12-21)23(19(17)3)24-20(4)18(2)16-26(24,28)22-13-9-6-10-14-22/h5-16H,1-4H3. The lowest BCUT2D eigenvalue weighted by Crippen LogP contribution is -2.09. The molecule has 0 bridgehead atoms. The third-order valence-corrected chi connectivity index (χ3v) is 15.1. The summed E-state index contributed by atoms with van der Waals surface area (Å²) in [6.45, 7) is 8.86. The molecule has 2 atom stereocenters. The Balaban J connectivity index is 2.01. The minimum Gasteiger partial charge on any atom is -0.0832 e. The molecule has 0 saturated carbocycles. The van der Waals surface area contributed by atoms with Gasteiger partial charge in [-0.25, -0.2) is 0 Å². The van der Waals surface area contributed by atoms with Gasteiger partial charge in [0.25, 0.3) is 0 Å². The molecule has 4 rings (SSSR count). The van der Waals surface area contributed by atoms with Crippen molar-refractivity contribution >= 4 is 46.3 Å². The summed E-state index contributed by atoms with van der Waals surface area (Å²) < 4.78 is 0. The van der Waals surface area contributed by atoms with Crippen molar-refractivity contribution in [2.24, 2.45) is 0 Å². The van der Waals surface area contributed by atoms with Gasteiger partial charge < -0.3 is 0 Å². The summed E-state index contributed by atoms with van der Waals surface area (Å²) in [6, 6.07) is 17.2. The van der Waals surface area contributed by atoms with Crippen molar-refractivity contribution in [3.8, 4) is 0 Å². The van der Waals surface area contributed by atoms with E-state index in [0.717, 1.165) is 0 Å². The van der Waals surface area contributed by atoms with Crippen LogP contribution in [0, 0.1) is 0 Å². The normalized spacial score (nSPS) is 27.3. The number of hydrogen-bond donors (Lipinski definition) is 0. The molecule has 4 heteroatoms. The first-order valence-electron chi connectivity index (χ1n) is 9.42. The molecule has 0 fully saturated rings. The highest BCUT2D eigenvalue weighted by atomic mass is 32.4.